The summed E-state index contributed by atoms with van der Waals surface area (Å²) in [5.74, 6) is -2.03. The summed E-state index contributed by atoms with van der Waals surface area (Å²) in [5, 5.41) is 142. The largest absolute Gasteiger partial charge is 0.481 e. The molecular formula is C53H82O24. The van der Waals surface area contributed by atoms with Crippen LogP contribution in [0.15, 0.2) is 11.6 Å². The van der Waals surface area contributed by atoms with Gasteiger partial charge in [-0.2, -0.15) is 0 Å². The van der Waals surface area contributed by atoms with Crippen molar-refractivity contribution >= 4 is 11.9 Å². The van der Waals surface area contributed by atoms with E-state index in [1.54, 1.807) is 6.92 Å². The summed E-state index contributed by atoms with van der Waals surface area (Å²) in [4.78, 5) is 26.7. The van der Waals surface area contributed by atoms with Crippen LogP contribution in [0.25, 0.3) is 0 Å². The number of carbonyl (C=O) groups is 2. The SMILES string of the molecule is C[C@H]1O[C@@H](OC[C@H]2O[C@@H](O[C@H]3CC[C@]4(C)[C@H]5CC=C6[C@@H]7C[C@@](C)(C(=O)O)[C@@H]8C[C@]7(C(=O)O8)[C@H](O)C[C@@]6(C)[C@]5(C)CC[C@H]4C3(C)C)[C@H](O[C@@H]3O[C@H](CO)[C@@H](O)[C@H](O)[C@H]3O)[C@@H](O)[C@@H]2O)[C@H](O[C@@H]2OC[C@@H](O)[C@H](O)[C@H]2O)[C@@H](O)[C@H]1O. The summed E-state index contributed by atoms with van der Waals surface area (Å²) >= 11 is 0. The Morgan fingerprint density at radius 2 is 1.31 bits per heavy atom. The van der Waals surface area contributed by atoms with Crippen LogP contribution in [0.4, 0.5) is 0 Å². The third-order valence-corrected chi connectivity index (χ3v) is 21.7. The predicted octanol–water partition coefficient (Wildman–Crippen LogP) is -2.32. The lowest BCUT2D eigenvalue weighted by molar-refractivity contribution is -0.385. The van der Waals surface area contributed by atoms with Crippen LogP contribution in [0.3, 0.4) is 0 Å². The minimum absolute atomic E-state index is 0.0102. The fraction of sp³-hybridized carbons (Fsp3) is 0.925. The molecular weight excluding hydrogens is 1020 g/mol. The van der Waals surface area contributed by atoms with Crippen molar-refractivity contribution < 1.29 is 119 Å². The van der Waals surface area contributed by atoms with Gasteiger partial charge in [-0.25, -0.2) is 0 Å². The number of fused-ring (bicyclic) bond motifs is 7. The molecule has 1 spiro atoms. The highest BCUT2D eigenvalue weighted by atomic mass is 16.8. The molecule has 24 nitrogen and oxygen atoms in total. The monoisotopic (exact) mass is 1100 g/mol. The van der Waals surface area contributed by atoms with E-state index in [9.17, 15) is 76.0 Å². The highest BCUT2D eigenvalue weighted by Crippen LogP contribution is 2.77. The van der Waals surface area contributed by atoms with Gasteiger partial charge in [-0.1, -0.05) is 46.3 Å². The number of allylic oxidation sites excluding steroid dienone is 2. The minimum Gasteiger partial charge on any atom is -0.481 e. The number of aliphatic carboxylic acids is 1. The van der Waals surface area contributed by atoms with Gasteiger partial charge in [-0.15, -0.1) is 0 Å². The van der Waals surface area contributed by atoms with E-state index in [1.807, 2.05) is 0 Å². The average Bonchev–Trinajstić information content (AvgIpc) is 3.98. The van der Waals surface area contributed by atoms with Crippen LogP contribution in [0.1, 0.15) is 99.8 Å². The van der Waals surface area contributed by atoms with Crippen molar-refractivity contribution in [1.29, 1.82) is 0 Å². The Morgan fingerprint density at radius 3 is 2.00 bits per heavy atom. The van der Waals surface area contributed by atoms with E-state index in [2.05, 4.69) is 40.7 Å². The van der Waals surface area contributed by atoms with Gasteiger partial charge in [0, 0.05) is 12.3 Å². The second kappa shape index (κ2) is 20.3. The second-order valence-electron chi connectivity index (χ2n) is 25.8. The van der Waals surface area contributed by atoms with Crippen molar-refractivity contribution in [2.75, 3.05) is 19.8 Å². The molecule has 5 aliphatic heterocycles. The van der Waals surface area contributed by atoms with Gasteiger partial charge in [0.1, 0.15) is 102 Å². The van der Waals surface area contributed by atoms with Crippen LogP contribution in [0.5, 0.6) is 0 Å². The zero-order valence-corrected chi connectivity index (χ0v) is 44.6. The van der Waals surface area contributed by atoms with E-state index in [0.29, 0.717) is 32.1 Å². The van der Waals surface area contributed by atoms with Gasteiger partial charge in [0.25, 0.3) is 0 Å². The van der Waals surface area contributed by atoms with Crippen LogP contribution >= 0.6 is 0 Å². The smallest absolute Gasteiger partial charge is 0.315 e. The molecule has 10 aliphatic rings. The molecule has 0 aromatic rings. The van der Waals surface area contributed by atoms with E-state index < -0.39 is 200 Å². The Kier molecular flexibility index (Phi) is 15.3. The molecule has 24 heteroatoms. The summed E-state index contributed by atoms with van der Waals surface area (Å²) in [6, 6.07) is 0. The van der Waals surface area contributed by atoms with Crippen molar-refractivity contribution in [2.24, 2.45) is 50.2 Å². The van der Waals surface area contributed by atoms with Gasteiger partial charge < -0.3 is 109 Å². The fourth-order valence-electron chi connectivity index (χ4n) is 16.7. The number of esters is 1. The topological polar surface area (TPSA) is 380 Å². The van der Waals surface area contributed by atoms with E-state index in [4.69, 9.17) is 42.6 Å². The summed E-state index contributed by atoms with van der Waals surface area (Å²) in [7, 11) is 0. The van der Waals surface area contributed by atoms with Crippen LogP contribution in [-0.4, -0.2) is 233 Å². The van der Waals surface area contributed by atoms with Gasteiger partial charge in [-0.3, -0.25) is 9.59 Å². The molecule has 77 heavy (non-hydrogen) atoms. The molecule has 5 saturated heterocycles. The first-order valence-corrected chi connectivity index (χ1v) is 27.4. The van der Waals surface area contributed by atoms with Gasteiger partial charge in [0.15, 0.2) is 25.2 Å². The first-order chi connectivity index (χ1) is 36.0. The van der Waals surface area contributed by atoms with Gasteiger partial charge in [-0.05, 0) is 92.3 Å². The maximum atomic E-state index is 13.9. The Morgan fingerprint density at radius 1 is 0.675 bits per heavy atom. The first kappa shape index (κ1) is 58.1. The number of aliphatic hydroxyl groups excluding tert-OH is 12. The quantitative estimate of drug-likeness (QED) is 0.0587. The maximum Gasteiger partial charge on any atom is 0.315 e. The van der Waals surface area contributed by atoms with Crippen molar-refractivity contribution in [3.63, 3.8) is 0 Å². The van der Waals surface area contributed by atoms with Crippen molar-refractivity contribution in [3.05, 3.63) is 11.6 Å². The second-order valence-corrected chi connectivity index (χ2v) is 25.8. The molecule has 0 unspecified atom stereocenters. The number of rotatable bonds is 11. The Labute approximate surface area is 446 Å². The summed E-state index contributed by atoms with van der Waals surface area (Å²) in [6.45, 7) is 12.2. The van der Waals surface area contributed by atoms with E-state index in [0.717, 1.165) is 12.0 Å². The lowest BCUT2D eigenvalue weighted by atomic mass is 9.33. The molecule has 30 atom stereocenters. The molecule has 2 bridgehead atoms. The van der Waals surface area contributed by atoms with Gasteiger partial charge in [0.2, 0.25) is 0 Å². The molecule has 13 N–H and O–H groups in total. The fourth-order valence-corrected chi connectivity index (χ4v) is 16.7. The average molecular weight is 1100 g/mol. The lowest BCUT2D eigenvalue weighted by Crippen LogP contribution is -2.68. The van der Waals surface area contributed by atoms with Gasteiger partial charge >= 0.3 is 11.9 Å². The van der Waals surface area contributed by atoms with Gasteiger partial charge in [0.05, 0.1) is 38.1 Å². The van der Waals surface area contributed by atoms with Crippen molar-refractivity contribution in [2.45, 2.75) is 235 Å². The van der Waals surface area contributed by atoms with E-state index in [-0.39, 0.29) is 30.1 Å². The molecule has 0 radical (unpaired) electrons. The summed E-state index contributed by atoms with van der Waals surface area (Å²) < 4.78 is 54.3. The minimum atomic E-state index is -1.91. The number of carboxylic acid groups (broad SMARTS) is 1. The van der Waals surface area contributed by atoms with Crippen LogP contribution in [0, 0.1) is 50.2 Å². The third-order valence-electron chi connectivity index (χ3n) is 21.7. The van der Waals surface area contributed by atoms with Crippen molar-refractivity contribution in [3.8, 4) is 0 Å². The molecule has 9 fully saturated rings. The molecule has 0 aromatic carbocycles. The maximum absolute atomic E-state index is 13.9. The van der Waals surface area contributed by atoms with Crippen LogP contribution in [0.2, 0.25) is 0 Å². The van der Waals surface area contributed by atoms with Crippen LogP contribution < -0.4 is 0 Å². The molecule has 5 aliphatic carbocycles. The predicted molar refractivity (Wildman–Crippen MR) is 257 cm³/mol. The number of hydrogen-bond acceptors (Lipinski definition) is 23. The molecule has 0 aromatic heterocycles. The molecule has 0 amide bonds. The third kappa shape index (κ3) is 8.75. The molecule has 5 heterocycles. The first-order valence-electron chi connectivity index (χ1n) is 27.4. The number of aliphatic hydroxyl groups is 12. The lowest BCUT2D eigenvalue weighted by Gasteiger charge is -2.71. The Balaban J connectivity index is 0.912. The Bertz CT molecular complexity index is 2230. The standard InChI is InChI=1S/C53H82O24/c1-20-31(57)36(62)40(76-42-38(64)32(58)23(55)18-69-42)44(71-20)70-19-25-34(60)37(63)41(77-43-39(65)35(61)33(59)24(17-54)72-43)45(73-25)74-29-11-12-49(4)26(48(29,2)3)10-13-51(6)27(49)9-8-21-22-14-50(5,46(66)67)30-16-53(22,47(68)75-30)28(56)15-52(21,51)7/h8,20,22-45,54-65H,9-19H2,1-7H3,(H,66,67)/t20-,22+,23-,24-,25-,26+,27-,28-,29+,30+,31+,32+,33-,34-,35+,36+,37+,38-,39-,40-,41-,42+,43+,44-,45+,49+,50-,51-,52-,53-/m1/s1. The van der Waals surface area contributed by atoms with E-state index >= 15 is 0 Å². The highest BCUT2D eigenvalue weighted by molar-refractivity contribution is 5.85. The molecule has 438 valence electrons. The highest BCUT2D eigenvalue weighted by Gasteiger charge is 2.76. The summed E-state index contributed by atoms with van der Waals surface area (Å²) in [5.41, 5.74) is -3.51. The van der Waals surface area contributed by atoms with Crippen molar-refractivity contribution in [1.82, 2.24) is 0 Å². The molecule has 10 rings (SSSR count). The normalized spacial score (nSPS) is 56.2. The number of hydrogen-bond donors (Lipinski definition) is 13. The van der Waals surface area contributed by atoms with Crippen LogP contribution in [-0.2, 0) is 52.2 Å². The summed E-state index contributed by atoms with van der Waals surface area (Å²) in [6.07, 6.45) is -27.6. The number of carboxylic acids is 1. The number of ether oxygens (including phenoxy) is 9. The van der Waals surface area contributed by atoms with E-state index in [1.165, 1.54) is 6.92 Å². The Hall–Kier alpha value is -2.12. The zero-order chi connectivity index (χ0) is 56.0. The zero-order valence-electron chi connectivity index (χ0n) is 44.6. The number of carbonyl (C=O) groups excluding carboxylic acids is 1. The molecule has 4 saturated carbocycles.